The first-order chi connectivity index (χ1) is 11.3. The molecule has 2 aromatic rings. The van der Waals surface area contributed by atoms with Crippen LogP contribution in [0, 0.1) is 11.2 Å². The molecular weight excluding hydrogens is 311 g/mol. The van der Waals surface area contributed by atoms with Crippen molar-refractivity contribution < 1.29 is 14.3 Å². The summed E-state index contributed by atoms with van der Waals surface area (Å²) in [7, 11) is 0. The first kappa shape index (κ1) is 16.2. The van der Waals surface area contributed by atoms with Gasteiger partial charge in [-0.3, -0.25) is 9.78 Å². The zero-order valence-corrected chi connectivity index (χ0v) is 13.5. The number of anilines is 2. The third-order valence-corrected chi connectivity index (χ3v) is 4.39. The Balaban J connectivity index is 1.77. The Hall–Kier alpha value is -2.70. The number of carbonyl (C=O) groups excluding carboxylic acids is 1. The number of hydrogen-bond donors (Lipinski definition) is 3. The van der Waals surface area contributed by atoms with Crippen LogP contribution in [0.3, 0.4) is 0 Å². The molecular formula is C17H19FN4O2. The summed E-state index contributed by atoms with van der Waals surface area (Å²) in [6.07, 6.45) is 4.49. The Bertz CT molecular complexity index is 779. The molecule has 6 nitrogen and oxygen atoms in total. The van der Waals surface area contributed by atoms with Gasteiger partial charge < -0.3 is 15.7 Å². The van der Waals surface area contributed by atoms with E-state index in [9.17, 15) is 14.3 Å². The summed E-state index contributed by atoms with van der Waals surface area (Å²) in [6, 6.07) is 4.21. The van der Waals surface area contributed by atoms with Crippen LogP contribution in [-0.2, 0) is 0 Å². The van der Waals surface area contributed by atoms with Gasteiger partial charge in [-0.15, -0.1) is 0 Å². The topological polar surface area (TPSA) is 87.1 Å². The van der Waals surface area contributed by atoms with Crippen LogP contribution in [0.1, 0.15) is 37.2 Å². The average Bonchev–Trinajstić information content (AvgIpc) is 2.53. The van der Waals surface area contributed by atoms with Crippen LogP contribution in [0.15, 0.2) is 30.6 Å². The van der Waals surface area contributed by atoms with Gasteiger partial charge in [-0.05, 0) is 30.4 Å². The number of nitrogens with one attached hydrogen (secondary N) is 2. The van der Waals surface area contributed by atoms with E-state index in [-0.39, 0.29) is 22.9 Å². The minimum Gasteiger partial charge on any atom is -0.505 e. The van der Waals surface area contributed by atoms with E-state index in [1.807, 2.05) is 0 Å². The summed E-state index contributed by atoms with van der Waals surface area (Å²) >= 11 is 0. The van der Waals surface area contributed by atoms with Crippen molar-refractivity contribution in [2.45, 2.75) is 32.7 Å². The highest BCUT2D eigenvalue weighted by atomic mass is 19.1. The highest BCUT2D eigenvalue weighted by molar-refractivity contribution is 5.95. The maximum atomic E-state index is 13.2. The SMILES string of the molecule is CC1(C)CCC1NC(=O)c1nc(Nc2cncc(F)c2)ccc1O. The van der Waals surface area contributed by atoms with E-state index >= 15 is 0 Å². The van der Waals surface area contributed by atoms with Crippen molar-refractivity contribution in [2.24, 2.45) is 5.41 Å². The highest BCUT2D eigenvalue weighted by Gasteiger charge is 2.39. The first-order valence-electron chi connectivity index (χ1n) is 7.73. The fourth-order valence-electron chi connectivity index (χ4n) is 2.68. The van der Waals surface area contributed by atoms with E-state index < -0.39 is 11.7 Å². The van der Waals surface area contributed by atoms with Crippen molar-refractivity contribution >= 4 is 17.4 Å². The first-order valence-corrected chi connectivity index (χ1v) is 7.73. The van der Waals surface area contributed by atoms with Crippen LogP contribution in [-0.4, -0.2) is 27.0 Å². The van der Waals surface area contributed by atoms with Crippen molar-refractivity contribution in [2.75, 3.05) is 5.32 Å². The summed E-state index contributed by atoms with van der Waals surface area (Å²) < 4.78 is 13.2. The lowest BCUT2D eigenvalue weighted by atomic mass is 9.67. The number of aromatic nitrogens is 2. The number of hydrogen-bond acceptors (Lipinski definition) is 5. The van der Waals surface area contributed by atoms with Crippen LogP contribution in [0.25, 0.3) is 0 Å². The maximum Gasteiger partial charge on any atom is 0.274 e. The zero-order valence-electron chi connectivity index (χ0n) is 13.5. The molecule has 0 aromatic carbocycles. The van der Waals surface area contributed by atoms with Crippen LogP contribution < -0.4 is 10.6 Å². The quantitative estimate of drug-likeness (QED) is 0.802. The van der Waals surface area contributed by atoms with Crippen LogP contribution in [0.4, 0.5) is 15.9 Å². The lowest BCUT2D eigenvalue weighted by Crippen LogP contribution is -2.52. The van der Waals surface area contributed by atoms with Crippen molar-refractivity contribution in [3.63, 3.8) is 0 Å². The van der Waals surface area contributed by atoms with Crippen molar-refractivity contribution in [1.29, 1.82) is 0 Å². The molecule has 0 radical (unpaired) electrons. The molecule has 1 atom stereocenters. The third kappa shape index (κ3) is 3.29. The molecule has 0 bridgehead atoms. The molecule has 0 spiro atoms. The highest BCUT2D eigenvalue weighted by Crippen LogP contribution is 2.40. The Labute approximate surface area is 139 Å². The lowest BCUT2D eigenvalue weighted by Gasteiger charge is -2.44. The molecule has 1 fully saturated rings. The molecule has 2 heterocycles. The van der Waals surface area contributed by atoms with Gasteiger partial charge in [0, 0.05) is 12.1 Å². The summed E-state index contributed by atoms with van der Waals surface area (Å²) in [5.41, 5.74) is 0.390. The van der Waals surface area contributed by atoms with Gasteiger partial charge in [0.25, 0.3) is 5.91 Å². The number of amides is 1. The van der Waals surface area contributed by atoms with Gasteiger partial charge in [-0.1, -0.05) is 13.8 Å². The van der Waals surface area contributed by atoms with E-state index in [1.54, 1.807) is 0 Å². The van der Waals surface area contributed by atoms with Crippen molar-refractivity contribution in [3.8, 4) is 5.75 Å². The number of carbonyl (C=O) groups is 1. The summed E-state index contributed by atoms with van der Waals surface area (Å²) in [5.74, 6) is -0.791. The maximum absolute atomic E-state index is 13.2. The molecule has 7 heteroatoms. The predicted octanol–water partition coefficient (Wildman–Crippen LogP) is 2.98. The van der Waals surface area contributed by atoms with Gasteiger partial charge in [0.05, 0.1) is 18.1 Å². The van der Waals surface area contributed by atoms with E-state index in [2.05, 4.69) is 34.4 Å². The largest absolute Gasteiger partial charge is 0.505 e. The summed E-state index contributed by atoms with van der Waals surface area (Å²) in [4.78, 5) is 20.3. The van der Waals surface area contributed by atoms with Gasteiger partial charge in [0.15, 0.2) is 5.69 Å². The fraction of sp³-hybridized carbons (Fsp3) is 0.353. The third-order valence-electron chi connectivity index (χ3n) is 4.39. The molecule has 2 aromatic heterocycles. The average molecular weight is 330 g/mol. The number of aromatic hydroxyl groups is 1. The molecule has 1 saturated carbocycles. The molecule has 3 N–H and O–H groups in total. The molecule has 126 valence electrons. The molecule has 24 heavy (non-hydrogen) atoms. The second-order valence-corrected chi connectivity index (χ2v) is 6.63. The zero-order chi connectivity index (χ0) is 17.3. The van der Waals surface area contributed by atoms with E-state index in [0.29, 0.717) is 11.5 Å². The summed E-state index contributed by atoms with van der Waals surface area (Å²) in [6.45, 7) is 4.17. The number of halogens is 1. The van der Waals surface area contributed by atoms with Gasteiger partial charge in [0.1, 0.15) is 17.4 Å². The minimum atomic E-state index is -0.482. The Morgan fingerprint density at radius 3 is 2.79 bits per heavy atom. The second kappa shape index (κ2) is 6.07. The molecule has 3 rings (SSSR count). The van der Waals surface area contributed by atoms with Crippen LogP contribution >= 0.6 is 0 Å². The van der Waals surface area contributed by atoms with Gasteiger partial charge in [0.2, 0.25) is 0 Å². The standard InChI is InChI=1S/C17H19FN4O2/c1-17(2)6-5-13(17)21-16(24)15-12(23)3-4-14(22-15)20-11-7-10(18)8-19-9-11/h3-4,7-9,13,23H,5-6H2,1-2H3,(H,20,22)(H,21,24). The number of rotatable bonds is 4. The minimum absolute atomic E-state index is 0.0500. The van der Waals surface area contributed by atoms with Gasteiger partial charge >= 0.3 is 0 Å². The molecule has 1 aliphatic rings. The molecule has 1 unspecified atom stereocenters. The molecule has 0 aliphatic heterocycles. The Kier molecular flexibility index (Phi) is 4.09. The second-order valence-electron chi connectivity index (χ2n) is 6.63. The fourth-order valence-corrected chi connectivity index (χ4v) is 2.68. The van der Waals surface area contributed by atoms with E-state index in [4.69, 9.17) is 0 Å². The van der Waals surface area contributed by atoms with Crippen LogP contribution in [0.2, 0.25) is 0 Å². The Morgan fingerprint density at radius 1 is 1.38 bits per heavy atom. The molecule has 1 aliphatic carbocycles. The molecule has 1 amide bonds. The molecule has 0 saturated heterocycles. The van der Waals surface area contributed by atoms with Crippen molar-refractivity contribution in [3.05, 3.63) is 42.1 Å². The normalized spacial score (nSPS) is 18.5. The van der Waals surface area contributed by atoms with Crippen LogP contribution in [0.5, 0.6) is 5.75 Å². The summed E-state index contributed by atoms with van der Waals surface area (Å²) in [5, 5.41) is 15.7. The Morgan fingerprint density at radius 2 is 2.17 bits per heavy atom. The predicted molar refractivity (Wildman–Crippen MR) is 87.6 cm³/mol. The number of nitrogens with zero attached hydrogens (tertiary/aromatic N) is 2. The van der Waals surface area contributed by atoms with E-state index in [0.717, 1.165) is 19.0 Å². The number of pyridine rings is 2. The van der Waals surface area contributed by atoms with Gasteiger partial charge in [-0.25, -0.2) is 9.37 Å². The lowest BCUT2D eigenvalue weighted by molar-refractivity contribution is 0.0725. The van der Waals surface area contributed by atoms with Crippen molar-refractivity contribution in [1.82, 2.24) is 15.3 Å². The van der Waals surface area contributed by atoms with Gasteiger partial charge in [-0.2, -0.15) is 0 Å². The van der Waals surface area contributed by atoms with E-state index in [1.165, 1.54) is 24.4 Å². The monoisotopic (exact) mass is 330 g/mol. The smallest absolute Gasteiger partial charge is 0.274 e.